The van der Waals surface area contributed by atoms with Gasteiger partial charge in [0.05, 0.1) is 18.8 Å². The van der Waals surface area contributed by atoms with Crippen LogP contribution in [-0.4, -0.2) is 53.4 Å². The van der Waals surface area contributed by atoms with Gasteiger partial charge in [0, 0.05) is 24.5 Å². The summed E-state index contributed by atoms with van der Waals surface area (Å²) in [5.41, 5.74) is 5.42. The van der Waals surface area contributed by atoms with Crippen LogP contribution < -0.4 is 5.73 Å². The molecule has 5 unspecified atom stereocenters. The Morgan fingerprint density at radius 1 is 1.45 bits per heavy atom. The number of likely N-dealkylation sites (tertiary alicyclic amines) is 1. The smallest absolute Gasteiger partial charge is 0.244 e. The summed E-state index contributed by atoms with van der Waals surface area (Å²) in [5.74, 6) is 0.476. The first-order valence-electron chi connectivity index (χ1n) is 7.68. The number of nitrogens with two attached hydrogens (primary N) is 1. The fourth-order valence-electron chi connectivity index (χ4n) is 4.59. The van der Waals surface area contributed by atoms with E-state index in [4.69, 9.17) is 10.5 Å². The second kappa shape index (κ2) is 4.42. The van der Waals surface area contributed by atoms with Crippen LogP contribution in [0.2, 0.25) is 0 Å². The van der Waals surface area contributed by atoms with Crippen molar-refractivity contribution < 1.29 is 14.6 Å². The number of carbonyl (C=O) groups is 1. The van der Waals surface area contributed by atoms with Crippen molar-refractivity contribution in [2.24, 2.45) is 23.0 Å². The molecule has 0 radical (unpaired) electrons. The zero-order chi connectivity index (χ0) is 14.7. The SMILES string of the molecule is CC1CCN(C(=O)C2(N)C3CCOC3C2(C)C)C1CO. The van der Waals surface area contributed by atoms with Crippen molar-refractivity contribution in [1.82, 2.24) is 4.90 Å². The summed E-state index contributed by atoms with van der Waals surface area (Å²) in [5, 5.41) is 9.57. The molecule has 2 saturated heterocycles. The van der Waals surface area contributed by atoms with Crippen LogP contribution in [0.3, 0.4) is 0 Å². The highest BCUT2D eigenvalue weighted by molar-refractivity contribution is 5.90. The van der Waals surface area contributed by atoms with Crippen LogP contribution >= 0.6 is 0 Å². The van der Waals surface area contributed by atoms with E-state index in [1.165, 1.54) is 0 Å². The molecule has 0 spiro atoms. The van der Waals surface area contributed by atoms with Gasteiger partial charge in [-0.3, -0.25) is 4.79 Å². The van der Waals surface area contributed by atoms with Gasteiger partial charge in [0.25, 0.3) is 0 Å². The van der Waals surface area contributed by atoms with Gasteiger partial charge in [-0.1, -0.05) is 20.8 Å². The van der Waals surface area contributed by atoms with Crippen molar-refractivity contribution in [3.63, 3.8) is 0 Å². The third kappa shape index (κ3) is 1.51. The minimum atomic E-state index is -0.842. The molecule has 3 N–H and O–H groups in total. The van der Waals surface area contributed by atoms with Gasteiger partial charge in [0.1, 0.15) is 5.54 Å². The molecule has 1 aliphatic carbocycles. The van der Waals surface area contributed by atoms with E-state index in [-0.39, 0.29) is 36.0 Å². The Morgan fingerprint density at radius 3 is 2.80 bits per heavy atom. The lowest BCUT2D eigenvalue weighted by atomic mass is 9.47. The minimum absolute atomic E-state index is 0.0117. The molecular weight excluding hydrogens is 256 g/mol. The van der Waals surface area contributed by atoms with Gasteiger partial charge < -0.3 is 20.5 Å². The van der Waals surface area contributed by atoms with E-state index in [0.717, 1.165) is 12.8 Å². The van der Waals surface area contributed by atoms with Crippen LogP contribution in [0, 0.1) is 17.3 Å². The molecule has 3 rings (SSSR count). The number of ether oxygens (including phenoxy) is 1. The maximum atomic E-state index is 13.1. The first kappa shape index (κ1) is 14.3. The molecule has 3 fully saturated rings. The standard InChI is InChI=1S/C15H26N2O3/c1-9-4-6-17(11(9)8-18)13(19)15(16)10-5-7-20-12(10)14(15,2)3/h9-12,18H,4-8,16H2,1-3H3. The Kier molecular flexibility index (Phi) is 3.16. The van der Waals surface area contributed by atoms with Crippen molar-refractivity contribution in [2.45, 2.75) is 51.3 Å². The summed E-state index contributed by atoms with van der Waals surface area (Å²) in [7, 11) is 0. The predicted molar refractivity (Wildman–Crippen MR) is 74.9 cm³/mol. The zero-order valence-electron chi connectivity index (χ0n) is 12.6. The summed E-state index contributed by atoms with van der Waals surface area (Å²) in [6.45, 7) is 7.58. The molecule has 20 heavy (non-hydrogen) atoms. The fourth-order valence-corrected chi connectivity index (χ4v) is 4.59. The lowest BCUT2D eigenvalue weighted by Crippen LogP contribution is -2.80. The monoisotopic (exact) mass is 282 g/mol. The highest BCUT2D eigenvalue weighted by Crippen LogP contribution is 2.59. The number of rotatable bonds is 2. The summed E-state index contributed by atoms with van der Waals surface area (Å²) < 4.78 is 5.75. The number of nitrogens with zero attached hydrogens (tertiary/aromatic N) is 1. The average Bonchev–Trinajstić information content (AvgIpc) is 3.02. The second-order valence-electron chi connectivity index (χ2n) is 7.29. The molecule has 1 saturated carbocycles. The van der Waals surface area contributed by atoms with E-state index in [2.05, 4.69) is 6.92 Å². The maximum absolute atomic E-state index is 13.1. The van der Waals surface area contributed by atoms with Gasteiger partial charge >= 0.3 is 0 Å². The quantitative estimate of drug-likeness (QED) is 0.767. The fraction of sp³-hybridized carbons (Fsp3) is 0.933. The first-order valence-corrected chi connectivity index (χ1v) is 7.68. The Balaban J connectivity index is 1.87. The van der Waals surface area contributed by atoms with E-state index in [1.54, 1.807) is 0 Å². The number of fused-ring (bicyclic) bond motifs is 1. The summed E-state index contributed by atoms with van der Waals surface area (Å²) >= 11 is 0. The Labute approximate surface area is 120 Å². The number of aliphatic hydroxyl groups is 1. The van der Waals surface area contributed by atoms with Gasteiger partial charge in [-0.05, 0) is 18.8 Å². The van der Waals surface area contributed by atoms with E-state index < -0.39 is 5.54 Å². The molecule has 5 atom stereocenters. The minimum Gasteiger partial charge on any atom is -0.394 e. The summed E-state index contributed by atoms with van der Waals surface area (Å²) in [6.07, 6.45) is 1.91. The normalized spacial score (nSPS) is 46.1. The largest absolute Gasteiger partial charge is 0.394 e. The molecule has 0 bridgehead atoms. The zero-order valence-corrected chi connectivity index (χ0v) is 12.6. The number of amides is 1. The highest BCUT2D eigenvalue weighted by atomic mass is 16.5. The van der Waals surface area contributed by atoms with Crippen LogP contribution in [0.5, 0.6) is 0 Å². The Hall–Kier alpha value is -0.650. The summed E-state index contributed by atoms with van der Waals surface area (Å²) in [4.78, 5) is 14.9. The third-order valence-electron chi connectivity index (χ3n) is 6.14. The third-order valence-corrected chi connectivity index (χ3v) is 6.14. The first-order chi connectivity index (χ1) is 9.35. The van der Waals surface area contributed by atoms with Crippen LogP contribution in [-0.2, 0) is 9.53 Å². The molecular formula is C15H26N2O3. The van der Waals surface area contributed by atoms with Crippen molar-refractivity contribution in [2.75, 3.05) is 19.8 Å². The topological polar surface area (TPSA) is 75.8 Å². The lowest BCUT2D eigenvalue weighted by molar-refractivity contribution is -0.185. The number of hydrogen-bond donors (Lipinski definition) is 2. The number of carbonyl (C=O) groups excluding carboxylic acids is 1. The molecule has 5 heteroatoms. The molecule has 0 aromatic carbocycles. The number of hydrogen-bond acceptors (Lipinski definition) is 4. The second-order valence-corrected chi connectivity index (χ2v) is 7.29. The molecule has 1 amide bonds. The Bertz CT molecular complexity index is 425. The highest BCUT2D eigenvalue weighted by Gasteiger charge is 2.72. The molecule has 2 aliphatic heterocycles. The molecule has 114 valence electrons. The van der Waals surface area contributed by atoms with Gasteiger partial charge in [-0.25, -0.2) is 0 Å². The predicted octanol–water partition coefficient (Wildman–Crippen LogP) is 0.358. The number of aliphatic hydroxyl groups excluding tert-OH is 1. The molecule has 5 nitrogen and oxygen atoms in total. The van der Waals surface area contributed by atoms with E-state index in [9.17, 15) is 9.90 Å². The van der Waals surface area contributed by atoms with Crippen LogP contribution in [0.4, 0.5) is 0 Å². The van der Waals surface area contributed by atoms with Crippen LogP contribution in [0.15, 0.2) is 0 Å². The van der Waals surface area contributed by atoms with Crippen LogP contribution in [0.1, 0.15) is 33.6 Å². The molecule has 0 aromatic heterocycles. The van der Waals surface area contributed by atoms with Crippen molar-refractivity contribution >= 4 is 5.91 Å². The van der Waals surface area contributed by atoms with Crippen molar-refractivity contribution in [1.29, 1.82) is 0 Å². The average molecular weight is 282 g/mol. The van der Waals surface area contributed by atoms with Crippen molar-refractivity contribution in [3.8, 4) is 0 Å². The summed E-state index contributed by atoms with van der Waals surface area (Å²) in [6, 6.07) is -0.0832. The van der Waals surface area contributed by atoms with Gasteiger partial charge in [0.2, 0.25) is 5.91 Å². The van der Waals surface area contributed by atoms with Gasteiger partial charge in [-0.2, -0.15) is 0 Å². The molecule has 0 aromatic rings. The van der Waals surface area contributed by atoms with Crippen molar-refractivity contribution in [3.05, 3.63) is 0 Å². The van der Waals surface area contributed by atoms with Gasteiger partial charge in [-0.15, -0.1) is 0 Å². The molecule has 3 aliphatic rings. The van der Waals surface area contributed by atoms with E-state index in [1.807, 2.05) is 18.7 Å². The maximum Gasteiger partial charge on any atom is 0.244 e. The van der Waals surface area contributed by atoms with Gasteiger partial charge in [0.15, 0.2) is 0 Å². The van der Waals surface area contributed by atoms with Crippen LogP contribution in [0.25, 0.3) is 0 Å². The molecule has 2 heterocycles. The Morgan fingerprint density at radius 2 is 2.15 bits per heavy atom. The lowest BCUT2D eigenvalue weighted by Gasteiger charge is -2.61. The van der Waals surface area contributed by atoms with E-state index >= 15 is 0 Å². The van der Waals surface area contributed by atoms with E-state index in [0.29, 0.717) is 19.1 Å².